The highest BCUT2D eigenvalue weighted by atomic mass is 32.2. The molecule has 0 aliphatic carbocycles. The molecule has 0 saturated carbocycles. The standard InChI is InChI=1S/C27H34N2O4S/c1-5-17-28(27(30)33-19-6-2)18-16-23-20-26(22-12-14-25(15-13-22)34(4,31)32)29(21(23)3)24-10-8-7-9-11-24/h7-15,20H,5-6,16-19H2,1-4H3. The highest BCUT2D eigenvalue weighted by Gasteiger charge is 2.19. The number of hydrogen-bond acceptors (Lipinski definition) is 4. The van der Waals surface area contributed by atoms with E-state index in [0.29, 0.717) is 31.0 Å². The van der Waals surface area contributed by atoms with Gasteiger partial charge >= 0.3 is 6.09 Å². The van der Waals surface area contributed by atoms with Gasteiger partial charge in [-0.05, 0) is 67.6 Å². The molecule has 1 amide bonds. The number of carbonyl (C=O) groups is 1. The maximum Gasteiger partial charge on any atom is 0.409 e. The van der Waals surface area contributed by atoms with Gasteiger partial charge in [0.05, 0.1) is 17.2 Å². The number of benzene rings is 2. The predicted molar refractivity (Wildman–Crippen MR) is 136 cm³/mol. The topological polar surface area (TPSA) is 68.6 Å². The minimum Gasteiger partial charge on any atom is -0.449 e. The van der Waals surface area contributed by atoms with E-state index in [1.54, 1.807) is 17.0 Å². The summed E-state index contributed by atoms with van der Waals surface area (Å²) in [5.41, 5.74) is 5.16. The van der Waals surface area contributed by atoms with Crippen molar-refractivity contribution in [1.29, 1.82) is 0 Å². The lowest BCUT2D eigenvalue weighted by molar-refractivity contribution is 0.103. The molecule has 1 heterocycles. The Kier molecular flexibility index (Phi) is 8.56. The van der Waals surface area contributed by atoms with Crippen LogP contribution in [0.2, 0.25) is 0 Å². The number of nitrogens with zero attached hydrogens (tertiary/aromatic N) is 2. The number of para-hydroxylation sites is 1. The molecule has 7 heteroatoms. The van der Waals surface area contributed by atoms with E-state index < -0.39 is 9.84 Å². The Hall–Kier alpha value is -3.06. The molecular weight excluding hydrogens is 448 g/mol. The second kappa shape index (κ2) is 11.4. The number of amides is 1. The van der Waals surface area contributed by atoms with Crippen LogP contribution in [0.15, 0.2) is 65.6 Å². The molecule has 182 valence electrons. The molecule has 6 nitrogen and oxygen atoms in total. The van der Waals surface area contributed by atoms with Gasteiger partial charge in [-0.25, -0.2) is 13.2 Å². The van der Waals surface area contributed by atoms with Crippen molar-refractivity contribution in [3.05, 3.63) is 71.9 Å². The number of sulfone groups is 1. The van der Waals surface area contributed by atoms with Crippen molar-refractivity contribution < 1.29 is 17.9 Å². The summed E-state index contributed by atoms with van der Waals surface area (Å²) in [6.07, 6.45) is 3.31. The fourth-order valence-electron chi connectivity index (χ4n) is 4.01. The highest BCUT2D eigenvalue weighted by Crippen LogP contribution is 2.30. The molecule has 1 aromatic heterocycles. The van der Waals surface area contributed by atoms with Crippen molar-refractivity contribution in [2.24, 2.45) is 0 Å². The minimum absolute atomic E-state index is 0.263. The third-order valence-electron chi connectivity index (χ3n) is 5.78. The van der Waals surface area contributed by atoms with Gasteiger partial charge in [-0.2, -0.15) is 0 Å². The normalized spacial score (nSPS) is 11.4. The van der Waals surface area contributed by atoms with Crippen LogP contribution in [0, 0.1) is 6.92 Å². The monoisotopic (exact) mass is 482 g/mol. The van der Waals surface area contributed by atoms with E-state index in [1.165, 1.54) is 6.26 Å². The smallest absolute Gasteiger partial charge is 0.409 e. The second-order valence-corrected chi connectivity index (χ2v) is 10.5. The van der Waals surface area contributed by atoms with Gasteiger partial charge in [0.1, 0.15) is 0 Å². The number of carbonyl (C=O) groups excluding carboxylic acids is 1. The fraction of sp³-hybridized carbons (Fsp3) is 0.370. The van der Waals surface area contributed by atoms with E-state index >= 15 is 0 Å². The van der Waals surface area contributed by atoms with Crippen LogP contribution in [0.3, 0.4) is 0 Å². The first-order chi connectivity index (χ1) is 16.3. The molecule has 3 rings (SSSR count). The van der Waals surface area contributed by atoms with Crippen LogP contribution < -0.4 is 0 Å². The van der Waals surface area contributed by atoms with E-state index in [9.17, 15) is 13.2 Å². The first kappa shape index (κ1) is 25.6. The molecule has 0 aliphatic rings. The number of hydrogen-bond donors (Lipinski definition) is 0. The van der Waals surface area contributed by atoms with Crippen LogP contribution in [-0.4, -0.2) is 49.9 Å². The van der Waals surface area contributed by atoms with Crippen LogP contribution in [-0.2, 0) is 21.0 Å². The summed E-state index contributed by atoms with van der Waals surface area (Å²) in [5, 5.41) is 0. The van der Waals surface area contributed by atoms with Crippen LogP contribution in [0.4, 0.5) is 4.79 Å². The summed E-state index contributed by atoms with van der Waals surface area (Å²) < 4.78 is 31.4. The quantitative estimate of drug-likeness (QED) is 0.374. The highest BCUT2D eigenvalue weighted by molar-refractivity contribution is 7.90. The van der Waals surface area contributed by atoms with E-state index in [1.807, 2.05) is 37.3 Å². The second-order valence-electron chi connectivity index (χ2n) is 8.46. The first-order valence-electron chi connectivity index (χ1n) is 11.7. The maximum atomic E-state index is 12.5. The largest absolute Gasteiger partial charge is 0.449 e. The van der Waals surface area contributed by atoms with E-state index in [4.69, 9.17) is 4.74 Å². The van der Waals surface area contributed by atoms with Gasteiger partial charge < -0.3 is 14.2 Å². The zero-order valence-corrected chi connectivity index (χ0v) is 21.3. The SMILES string of the molecule is CCCOC(=O)N(CCC)CCc1cc(-c2ccc(S(C)(=O)=O)cc2)n(-c2ccccc2)c1C. The molecule has 3 aromatic rings. The lowest BCUT2D eigenvalue weighted by Crippen LogP contribution is -2.34. The molecule has 0 N–H and O–H groups in total. The number of ether oxygens (including phenoxy) is 1. The third kappa shape index (κ3) is 6.08. The van der Waals surface area contributed by atoms with Crippen molar-refractivity contribution in [3.8, 4) is 16.9 Å². The number of aromatic nitrogens is 1. The average Bonchev–Trinajstić information content (AvgIpc) is 3.16. The molecular formula is C27H34N2O4S. The molecule has 0 aliphatic heterocycles. The summed E-state index contributed by atoms with van der Waals surface area (Å²) in [7, 11) is -3.26. The van der Waals surface area contributed by atoms with Gasteiger partial charge in [0.25, 0.3) is 0 Å². The van der Waals surface area contributed by atoms with Crippen molar-refractivity contribution >= 4 is 15.9 Å². The van der Waals surface area contributed by atoms with Crippen molar-refractivity contribution in [1.82, 2.24) is 9.47 Å². The van der Waals surface area contributed by atoms with Gasteiger partial charge in [-0.3, -0.25) is 0 Å². The third-order valence-corrected chi connectivity index (χ3v) is 6.91. The lowest BCUT2D eigenvalue weighted by Gasteiger charge is -2.21. The Balaban J connectivity index is 1.96. The molecule has 0 bridgehead atoms. The Labute approximate surface area is 203 Å². The predicted octanol–water partition coefficient (Wildman–Crippen LogP) is 5.66. The van der Waals surface area contributed by atoms with Crippen LogP contribution in [0.1, 0.15) is 37.9 Å². The van der Waals surface area contributed by atoms with Crippen LogP contribution in [0.25, 0.3) is 16.9 Å². The van der Waals surface area contributed by atoms with E-state index in [2.05, 4.69) is 36.6 Å². The van der Waals surface area contributed by atoms with Crippen molar-refractivity contribution in [2.75, 3.05) is 26.0 Å². The van der Waals surface area contributed by atoms with E-state index in [0.717, 1.165) is 41.0 Å². The van der Waals surface area contributed by atoms with Crippen molar-refractivity contribution in [3.63, 3.8) is 0 Å². The molecule has 0 spiro atoms. The molecule has 2 aromatic carbocycles. The summed E-state index contributed by atoms with van der Waals surface area (Å²) in [4.78, 5) is 14.5. The molecule has 0 atom stereocenters. The van der Waals surface area contributed by atoms with Crippen molar-refractivity contribution in [2.45, 2.75) is 44.9 Å². The summed E-state index contributed by atoms with van der Waals surface area (Å²) >= 11 is 0. The Morgan fingerprint density at radius 3 is 2.24 bits per heavy atom. The number of rotatable bonds is 10. The summed E-state index contributed by atoms with van der Waals surface area (Å²) in [5.74, 6) is 0. The summed E-state index contributed by atoms with van der Waals surface area (Å²) in [6.45, 7) is 7.77. The van der Waals surface area contributed by atoms with Gasteiger partial charge in [-0.15, -0.1) is 0 Å². The molecule has 0 saturated heterocycles. The van der Waals surface area contributed by atoms with Gasteiger partial charge in [-0.1, -0.05) is 44.2 Å². The van der Waals surface area contributed by atoms with Gasteiger partial charge in [0.2, 0.25) is 0 Å². The Morgan fingerprint density at radius 1 is 0.971 bits per heavy atom. The fourth-order valence-corrected chi connectivity index (χ4v) is 4.64. The zero-order chi connectivity index (χ0) is 24.7. The molecule has 0 unspecified atom stereocenters. The van der Waals surface area contributed by atoms with Crippen LogP contribution >= 0.6 is 0 Å². The maximum absolute atomic E-state index is 12.5. The molecule has 0 radical (unpaired) electrons. The lowest BCUT2D eigenvalue weighted by atomic mass is 10.1. The van der Waals surface area contributed by atoms with Crippen LogP contribution in [0.5, 0.6) is 0 Å². The van der Waals surface area contributed by atoms with Gasteiger partial charge in [0.15, 0.2) is 9.84 Å². The van der Waals surface area contributed by atoms with E-state index in [-0.39, 0.29) is 6.09 Å². The molecule has 0 fully saturated rings. The zero-order valence-electron chi connectivity index (χ0n) is 20.5. The first-order valence-corrected chi connectivity index (χ1v) is 13.6. The minimum atomic E-state index is -3.26. The Bertz CT molecular complexity index is 1200. The van der Waals surface area contributed by atoms with Gasteiger partial charge in [0, 0.05) is 30.7 Å². The Morgan fingerprint density at radius 2 is 1.65 bits per heavy atom. The average molecular weight is 483 g/mol. The summed E-state index contributed by atoms with van der Waals surface area (Å²) in [6, 6.07) is 19.2. The molecule has 34 heavy (non-hydrogen) atoms.